The fourth-order valence-electron chi connectivity index (χ4n) is 5.24. The van der Waals surface area contributed by atoms with E-state index in [-0.39, 0.29) is 25.4 Å². The van der Waals surface area contributed by atoms with Crippen LogP contribution in [0.2, 0.25) is 0 Å². The van der Waals surface area contributed by atoms with Crippen molar-refractivity contribution in [1.82, 2.24) is 10.9 Å². The maximum Gasteiger partial charge on any atom is 0.306 e. The highest BCUT2D eigenvalue weighted by atomic mass is 16.6. The molecule has 9 heteroatoms. The largest absolute Gasteiger partial charge is 0.494 e. The van der Waals surface area contributed by atoms with Crippen molar-refractivity contribution in [3.63, 3.8) is 0 Å². The van der Waals surface area contributed by atoms with E-state index in [1.54, 1.807) is 12.1 Å². The Balaban J connectivity index is 1.49. The second kappa shape index (κ2) is 14.3. The molecule has 3 aromatic carbocycles. The van der Waals surface area contributed by atoms with Gasteiger partial charge in [0.15, 0.2) is 11.6 Å². The highest BCUT2D eigenvalue weighted by Gasteiger charge is 2.53. The van der Waals surface area contributed by atoms with E-state index >= 15 is 0 Å². The third kappa shape index (κ3) is 8.49. The second-order valence-electron chi connectivity index (χ2n) is 12.6. The molecule has 0 aromatic heterocycles. The Morgan fingerprint density at radius 3 is 2.27 bits per heavy atom. The van der Waals surface area contributed by atoms with Crippen molar-refractivity contribution in [2.75, 3.05) is 19.8 Å². The zero-order chi connectivity index (χ0) is 31.9. The molecule has 0 radical (unpaired) electrons. The summed E-state index contributed by atoms with van der Waals surface area (Å²) in [5, 5.41) is 9.06. The minimum atomic E-state index is -1.45. The van der Waals surface area contributed by atoms with Gasteiger partial charge in [0.25, 0.3) is 5.91 Å². The number of rotatable bonds is 14. The minimum absolute atomic E-state index is 0.0241. The van der Waals surface area contributed by atoms with Crippen molar-refractivity contribution in [3.05, 3.63) is 90.0 Å². The van der Waals surface area contributed by atoms with Crippen LogP contribution in [0.1, 0.15) is 70.1 Å². The van der Waals surface area contributed by atoms with Gasteiger partial charge in [-0.3, -0.25) is 15.0 Å². The van der Waals surface area contributed by atoms with Gasteiger partial charge in [0.1, 0.15) is 11.4 Å². The summed E-state index contributed by atoms with van der Waals surface area (Å²) in [6.45, 7) is 6.57. The van der Waals surface area contributed by atoms with Gasteiger partial charge >= 0.3 is 5.97 Å². The smallest absolute Gasteiger partial charge is 0.306 e. The second-order valence-corrected chi connectivity index (χ2v) is 12.6. The molecule has 45 heavy (non-hydrogen) atoms. The van der Waals surface area contributed by atoms with Crippen LogP contribution in [0.25, 0.3) is 11.1 Å². The fourth-order valence-corrected chi connectivity index (χ4v) is 5.24. The topological polar surface area (TPSA) is 118 Å². The van der Waals surface area contributed by atoms with E-state index in [1.807, 2.05) is 87.5 Å². The van der Waals surface area contributed by atoms with Crippen molar-refractivity contribution in [1.29, 1.82) is 0 Å². The molecule has 0 bridgehead atoms. The number of hydrogen-bond acceptors (Lipinski definition) is 8. The normalized spacial score (nSPS) is 19.4. The van der Waals surface area contributed by atoms with Crippen LogP contribution >= 0.6 is 0 Å². The molecular weight excluding hydrogens is 570 g/mol. The predicted molar refractivity (Wildman–Crippen MR) is 173 cm³/mol. The molecule has 3 aromatic rings. The zero-order valence-corrected chi connectivity index (χ0v) is 26.3. The first-order chi connectivity index (χ1) is 21.7. The maximum absolute atomic E-state index is 14.2. The van der Waals surface area contributed by atoms with Gasteiger partial charge in [-0.15, -0.1) is 0 Å². The summed E-state index contributed by atoms with van der Waals surface area (Å²) in [5.74, 6) is 0.712. The molecule has 0 unspecified atom stereocenters. The number of nitrogens with one attached hydrogen (secondary N) is 2. The molecule has 1 heterocycles. The number of aliphatic hydroxyl groups is 1. The van der Waals surface area contributed by atoms with E-state index in [0.717, 1.165) is 29.5 Å². The Hall–Kier alpha value is -4.21. The fraction of sp³-hybridized carbons (Fsp3) is 0.417. The molecule has 238 valence electrons. The molecule has 1 aliphatic heterocycles. The number of hydrazine groups is 1. The first-order valence-electron chi connectivity index (χ1n) is 15.7. The van der Waals surface area contributed by atoms with Crippen LogP contribution in [0.4, 0.5) is 0 Å². The van der Waals surface area contributed by atoms with Crippen molar-refractivity contribution >= 4 is 17.8 Å². The number of carbonyl (C=O) groups excluding carboxylic acids is 2. The van der Waals surface area contributed by atoms with Crippen molar-refractivity contribution < 1.29 is 28.9 Å². The lowest BCUT2D eigenvalue weighted by Crippen LogP contribution is -2.53. The van der Waals surface area contributed by atoms with E-state index in [1.165, 1.54) is 0 Å². The molecule has 9 nitrogen and oxygen atoms in total. The summed E-state index contributed by atoms with van der Waals surface area (Å²) >= 11 is 0. The highest BCUT2D eigenvalue weighted by molar-refractivity contribution is 6.01. The van der Waals surface area contributed by atoms with E-state index in [0.29, 0.717) is 42.7 Å². The summed E-state index contributed by atoms with van der Waals surface area (Å²) in [6.07, 6.45) is 2.05. The third-order valence-electron chi connectivity index (χ3n) is 7.77. The van der Waals surface area contributed by atoms with Crippen LogP contribution in [0, 0.1) is 5.92 Å². The average Bonchev–Trinajstić information content (AvgIpc) is 3.77. The number of carbonyl (C=O) groups is 2. The molecule has 0 saturated heterocycles. The molecule has 5 rings (SSSR count). The molecule has 1 amide bonds. The number of esters is 1. The van der Waals surface area contributed by atoms with Gasteiger partial charge in [0.05, 0.1) is 6.61 Å². The summed E-state index contributed by atoms with van der Waals surface area (Å²) in [5.41, 5.74) is 7.41. The number of hydrogen-bond donors (Lipinski definition) is 3. The van der Waals surface area contributed by atoms with E-state index in [4.69, 9.17) is 24.3 Å². The van der Waals surface area contributed by atoms with Crippen LogP contribution in [0.3, 0.4) is 0 Å². The lowest BCUT2D eigenvalue weighted by Gasteiger charge is -2.31. The molecule has 1 fully saturated rings. The number of amides is 1. The van der Waals surface area contributed by atoms with E-state index in [2.05, 4.69) is 10.9 Å². The van der Waals surface area contributed by atoms with Gasteiger partial charge in [-0.25, -0.2) is 10.4 Å². The number of aliphatic imine (C=N–C) groups is 1. The Kier molecular flexibility index (Phi) is 10.2. The van der Waals surface area contributed by atoms with Crippen molar-refractivity contribution in [3.8, 4) is 16.9 Å². The minimum Gasteiger partial charge on any atom is -0.494 e. The number of aliphatic hydroxyl groups excluding tert-OH is 1. The monoisotopic (exact) mass is 613 g/mol. The summed E-state index contributed by atoms with van der Waals surface area (Å²) in [7, 11) is 0. The Bertz CT molecular complexity index is 1460. The molecule has 0 spiro atoms. The molecule has 2 atom stereocenters. The van der Waals surface area contributed by atoms with Crippen LogP contribution in [-0.2, 0) is 19.1 Å². The van der Waals surface area contributed by atoms with Gasteiger partial charge in [0.2, 0.25) is 5.90 Å². The lowest BCUT2D eigenvalue weighted by atomic mass is 9.83. The van der Waals surface area contributed by atoms with Crippen molar-refractivity contribution in [2.24, 2.45) is 10.9 Å². The lowest BCUT2D eigenvalue weighted by molar-refractivity contribution is -0.155. The number of ether oxygens (including phenoxy) is 3. The zero-order valence-electron chi connectivity index (χ0n) is 26.3. The summed E-state index contributed by atoms with van der Waals surface area (Å²) in [6, 6.07) is 25.2. The highest BCUT2D eigenvalue weighted by Crippen LogP contribution is 2.44. The van der Waals surface area contributed by atoms with Crippen LogP contribution in [-0.4, -0.2) is 53.8 Å². The average molecular weight is 614 g/mol. The van der Waals surface area contributed by atoms with Crippen LogP contribution < -0.4 is 15.6 Å². The van der Waals surface area contributed by atoms with Gasteiger partial charge < -0.3 is 19.3 Å². The first-order valence-corrected chi connectivity index (χ1v) is 15.7. The first kappa shape index (κ1) is 32.2. The van der Waals surface area contributed by atoms with Crippen LogP contribution in [0.15, 0.2) is 83.9 Å². The number of nitrogens with zero attached hydrogens (tertiary/aromatic N) is 1. The molecule has 1 saturated carbocycles. The van der Waals surface area contributed by atoms with E-state index in [9.17, 15) is 9.59 Å². The maximum atomic E-state index is 14.2. The molecule has 3 N–H and O–H groups in total. The van der Waals surface area contributed by atoms with Gasteiger partial charge in [-0.1, -0.05) is 54.6 Å². The Labute approximate surface area is 265 Å². The Morgan fingerprint density at radius 2 is 1.62 bits per heavy atom. The van der Waals surface area contributed by atoms with Gasteiger partial charge in [-0.05, 0) is 86.9 Å². The van der Waals surface area contributed by atoms with Gasteiger partial charge in [0, 0.05) is 31.6 Å². The quantitative estimate of drug-likeness (QED) is 0.124. The Morgan fingerprint density at radius 1 is 0.956 bits per heavy atom. The molecule has 1 aliphatic carbocycles. The standard InChI is InChI=1S/C36H43N3O6/c1-35(2,3)45-31(41)20-21-36(34(42)39-37-24-25-10-11-25)32(28-14-12-27(13-15-28)26-8-5-4-6-9-26)44-33(38-36)29-16-18-30(19-17-29)43-23-7-22-40/h4-6,8-9,12-19,25,32,37,40H,7,10-11,20-24H2,1-3H3,(H,39,42)/t32-,36-/m0/s1. The molecule has 2 aliphatic rings. The third-order valence-corrected chi connectivity index (χ3v) is 7.77. The number of benzene rings is 3. The summed E-state index contributed by atoms with van der Waals surface area (Å²) in [4.78, 5) is 32.1. The van der Waals surface area contributed by atoms with Gasteiger partial charge in [-0.2, -0.15) is 0 Å². The van der Waals surface area contributed by atoms with Crippen LogP contribution in [0.5, 0.6) is 5.75 Å². The summed E-state index contributed by atoms with van der Waals surface area (Å²) < 4.78 is 17.9. The molecular formula is C36H43N3O6. The van der Waals surface area contributed by atoms with Crippen molar-refractivity contribution in [2.45, 2.75) is 70.1 Å². The SMILES string of the molecule is CC(C)(C)OC(=O)CC[C@]1(C(=O)NNCC2CC2)N=C(c2ccc(OCCCO)cc2)O[C@H]1c1ccc(-c2ccccc2)cc1. The van der Waals surface area contributed by atoms with E-state index < -0.39 is 23.2 Å². The predicted octanol–water partition coefficient (Wildman–Crippen LogP) is 5.52.